The van der Waals surface area contributed by atoms with E-state index in [0.717, 1.165) is 38.5 Å². The first kappa shape index (κ1) is 16.7. The molecule has 4 rings (SSSR count). The van der Waals surface area contributed by atoms with Gasteiger partial charge in [-0.05, 0) is 51.9 Å². The number of nitrogens with one attached hydrogen (secondary N) is 1. The van der Waals surface area contributed by atoms with Crippen molar-refractivity contribution in [3.8, 4) is 0 Å². The number of likely N-dealkylation sites (tertiary alicyclic amines) is 1. The van der Waals surface area contributed by atoms with Crippen molar-refractivity contribution in [1.29, 1.82) is 0 Å². The van der Waals surface area contributed by atoms with Gasteiger partial charge in [-0.1, -0.05) is 0 Å². The molecular weight excluding hydrogens is 299 g/mol. The molecule has 0 aromatic rings. The van der Waals surface area contributed by atoms with E-state index in [1.807, 2.05) is 6.92 Å². The maximum absolute atomic E-state index is 13.2. The van der Waals surface area contributed by atoms with Crippen LogP contribution in [0.1, 0.15) is 51.9 Å². The molecule has 1 saturated heterocycles. The summed E-state index contributed by atoms with van der Waals surface area (Å²) in [5.41, 5.74) is -0.321. The second-order valence-electron chi connectivity index (χ2n) is 7.36. The third-order valence-electron chi connectivity index (χ3n) is 6.05. The highest BCUT2D eigenvalue weighted by molar-refractivity contribution is 5.79. The van der Waals surface area contributed by atoms with Crippen molar-refractivity contribution >= 4 is 11.9 Å². The largest absolute Gasteiger partial charge is 0.466 e. The lowest BCUT2D eigenvalue weighted by atomic mass is 9.57. The lowest BCUT2D eigenvalue weighted by Crippen LogP contribution is -2.58. The minimum Gasteiger partial charge on any atom is -0.466 e. The molecule has 1 atom stereocenters. The summed E-state index contributed by atoms with van der Waals surface area (Å²) >= 11 is 0. The number of esters is 1. The number of nitrogens with zero attached hydrogens (tertiary/aromatic N) is 1. The number of hydrogen-bond acceptors (Lipinski definition) is 4. The van der Waals surface area contributed by atoms with Gasteiger partial charge in [0.15, 0.2) is 0 Å². The number of amides is 1. The molecular formula is C17H27FN2O3. The van der Waals surface area contributed by atoms with E-state index in [9.17, 15) is 14.0 Å². The number of carbonyl (C=O) groups is 2. The molecule has 3 aliphatic carbocycles. The number of fused-ring (bicyclic) bond motifs is 3. The first-order chi connectivity index (χ1) is 11.0. The smallest absolute Gasteiger partial charge is 0.312 e. The standard InChI is InChI=1S/C17H27FN2O3/c1-2-23-15(22)16-4-7-17(8-5-16,9-6-16)19-11-14(21)20-10-3-13(18)12-20/h13,19H,2-12H2,1H3. The Bertz CT molecular complexity index is 458. The monoisotopic (exact) mass is 326 g/mol. The Hall–Kier alpha value is -1.17. The molecule has 0 radical (unpaired) electrons. The second-order valence-corrected chi connectivity index (χ2v) is 7.36. The van der Waals surface area contributed by atoms with E-state index in [1.165, 1.54) is 0 Å². The summed E-state index contributed by atoms with van der Waals surface area (Å²) in [6.07, 6.45) is 4.82. The van der Waals surface area contributed by atoms with Gasteiger partial charge in [0.2, 0.25) is 5.91 Å². The molecule has 0 spiro atoms. The fraction of sp³-hybridized carbons (Fsp3) is 0.882. The zero-order valence-corrected chi connectivity index (χ0v) is 13.9. The van der Waals surface area contributed by atoms with Crippen LogP contribution >= 0.6 is 0 Å². The van der Waals surface area contributed by atoms with Crippen molar-refractivity contribution in [2.45, 2.75) is 63.6 Å². The van der Waals surface area contributed by atoms with Crippen LogP contribution in [0.2, 0.25) is 0 Å². The van der Waals surface area contributed by atoms with E-state index >= 15 is 0 Å². The van der Waals surface area contributed by atoms with Crippen molar-refractivity contribution < 1.29 is 18.7 Å². The van der Waals surface area contributed by atoms with E-state index in [-0.39, 0.29) is 35.9 Å². The van der Waals surface area contributed by atoms with Crippen LogP contribution in [0.3, 0.4) is 0 Å². The van der Waals surface area contributed by atoms with Crippen LogP contribution in [0.25, 0.3) is 0 Å². The third-order valence-corrected chi connectivity index (χ3v) is 6.05. The van der Waals surface area contributed by atoms with Gasteiger partial charge in [0.1, 0.15) is 6.17 Å². The van der Waals surface area contributed by atoms with Gasteiger partial charge in [0, 0.05) is 12.1 Å². The minimum absolute atomic E-state index is 0.00710. The molecule has 4 aliphatic rings. The van der Waals surface area contributed by atoms with Gasteiger partial charge in [-0.2, -0.15) is 0 Å². The zero-order chi connectivity index (χ0) is 16.5. The number of halogens is 1. The molecule has 0 aromatic heterocycles. The van der Waals surface area contributed by atoms with Crippen molar-refractivity contribution in [1.82, 2.24) is 10.2 Å². The van der Waals surface area contributed by atoms with E-state index in [1.54, 1.807) is 4.90 Å². The summed E-state index contributed by atoms with van der Waals surface area (Å²) in [7, 11) is 0. The molecule has 3 saturated carbocycles. The van der Waals surface area contributed by atoms with E-state index in [4.69, 9.17) is 4.74 Å². The predicted molar refractivity (Wildman–Crippen MR) is 83.6 cm³/mol. The zero-order valence-electron chi connectivity index (χ0n) is 13.9. The number of hydrogen-bond donors (Lipinski definition) is 1. The topological polar surface area (TPSA) is 58.6 Å². The summed E-state index contributed by atoms with van der Waals surface area (Å²) in [6.45, 7) is 3.32. The first-order valence-electron chi connectivity index (χ1n) is 8.83. The minimum atomic E-state index is -0.869. The van der Waals surface area contributed by atoms with Crippen molar-refractivity contribution in [2.75, 3.05) is 26.2 Å². The molecule has 1 unspecified atom stereocenters. The highest BCUT2D eigenvalue weighted by Gasteiger charge is 2.53. The normalized spacial score (nSPS) is 36.3. The first-order valence-corrected chi connectivity index (χ1v) is 8.83. The molecule has 23 heavy (non-hydrogen) atoms. The van der Waals surface area contributed by atoms with E-state index in [2.05, 4.69) is 5.32 Å². The summed E-state index contributed by atoms with van der Waals surface area (Å²) in [5.74, 6) is -0.0530. The van der Waals surface area contributed by atoms with Gasteiger partial charge in [0.05, 0.1) is 25.1 Å². The Morgan fingerprint density at radius 3 is 2.39 bits per heavy atom. The fourth-order valence-corrected chi connectivity index (χ4v) is 4.36. The average molecular weight is 326 g/mol. The molecule has 4 fully saturated rings. The van der Waals surface area contributed by atoms with Crippen LogP contribution in [0.4, 0.5) is 4.39 Å². The summed E-state index contributed by atoms with van der Waals surface area (Å²) in [6, 6.07) is 0. The Labute approximate surface area is 136 Å². The van der Waals surface area contributed by atoms with Crippen molar-refractivity contribution in [2.24, 2.45) is 5.41 Å². The number of alkyl halides is 1. The average Bonchev–Trinajstić information content (AvgIpc) is 3.01. The Kier molecular flexibility index (Phi) is 4.63. The van der Waals surface area contributed by atoms with Crippen LogP contribution in [0.15, 0.2) is 0 Å². The molecule has 130 valence electrons. The third kappa shape index (κ3) is 3.23. The van der Waals surface area contributed by atoms with Crippen LogP contribution in [-0.2, 0) is 14.3 Å². The van der Waals surface area contributed by atoms with Crippen molar-refractivity contribution in [3.63, 3.8) is 0 Å². The SMILES string of the molecule is CCOC(=O)C12CCC(NCC(=O)N3CCC(F)C3)(CC1)CC2. The molecule has 1 aliphatic heterocycles. The van der Waals surface area contributed by atoms with Crippen LogP contribution in [0, 0.1) is 5.41 Å². The van der Waals surface area contributed by atoms with Gasteiger partial charge in [-0.15, -0.1) is 0 Å². The molecule has 5 nitrogen and oxygen atoms in total. The number of carbonyl (C=O) groups excluding carboxylic acids is 2. The quantitative estimate of drug-likeness (QED) is 0.783. The lowest BCUT2D eigenvalue weighted by Gasteiger charge is -2.52. The number of ether oxygens (including phenoxy) is 1. The van der Waals surface area contributed by atoms with Gasteiger partial charge in [-0.3, -0.25) is 9.59 Å². The molecule has 1 N–H and O–H groups in total. The van der Waals surface area contributed by atoms with Gasteiger partial charge in [-0.25, -0.2) is 4.39 Å². The summed E-state index contributed by atoms with van der Waals surface area (Å²) in [4.78, 5) is 26.0. The van der Waals surface area contributed by atoms with Gasteiger partial charge in [0.25, 0.3) is 0 Å². The van der Waals surface area contributed by atoms with Gasteiger partial charge >= 0.3 is 5.97 Å². The molecule has 0 aromatic carbocycles. The second kappa shape index (κ2) is 6.38. The van der Waals surface area contributed by atoms with Gasteiger partial charge < -0.3 is 15.0 Å². The van der Waals surface area contributed by atoms with Crippen molar-refractivity contribution in [3.05, 3.63) is 0 Å². The summed E-state index contributed by atoms with van der Waals surface area (Å²) < 4.78 is 18.5. The van der Waals surface area contributed by atoms with Crippen LogP contribution in [0.5, 0.6) is 0 Å². The Morgan fingerprint density at radius 1 is 1.22 bits per heavy atom. The molecule has 1 heterocycles. The van der Waals surface area contributed by atoms with Crippen LogP contribution in [-0.4, -0.2) is 54.7 Å². The maximum Gasteiger partial charge on any atom is 0.312 e. The molecule has 2 bridgehead atoms. The van der Waals surface area contributed by atoms with E-state index < -0.39 is 6.17 Å². The summed E-state index contributed by atoms with van der Waals surface area (Å²) in [5, 5.41) is 3.44. The molecule has 6 heteroatoms. The highest BCUT2D eigenvalue weighted by Crippen LogP contribution is 2.52. The fourth-order valence-electron chi connectivity index (χ4n) is 4.36. The van der Waals surface area contributed by atoms with E-state index in [0.29, 0.717) is 19.6 Å². The maximum atomic E-state index is 13.2. The number of rotatable bonds is 5. The Morgan fingerprint density at radius 2 is 1.87 bits per heavy atom. The lowest BCUT2D eigenvalue weighted by molar-refractivity contribution is -0.163. The predicted octanol–water partition coefficient (Wildman–Crippen LogP) is 1.80. The molecule has 1 amide bonds. The highest BCUT2D eigenvalue weighted by atomic mass is 19.1. The Balaban J connectivity index is 1.51. The van der Waals surface area contributed by atoms with Crippen LogP contribution < -0.4 is 5.32 Å².